The smallest absolute Gasteiger partial charge is 0.0275 e. The van der Waals surface area contributed by atoms with Gasteiger partial charge in [0.15, 0.2) is 0 Å². The molecule has 0 unspecified atom stereocenters. The zero-order chi connectivity index (χ0) is 7.72. The molecule has 0 saturated carbocycles. The Morgan fingerprint density at radius 3 is 1.82 bits per heavy atom. The van der Waals surface area contributed by atoms with Crippen molar-refractivity contribution in [1.29, 1.82) is 0 Å². The summed E-state index contributed by atoms with van der Waals surface area (Å²) in [7, 11) is 0. The molecule has 0 amide bonds. The third-order valence-corrected chi connectivity index (χ3v) is 5.50. The number of hydrogen-bond acceptors (Lipinski definition) is 1. The topological polar surface area (TPSA) is 0 Å². The van der Waals surface area contributed by atoms with Crippen molar-refractivity contribution < 1.29 is 19.5 Å². The first-order chi connectivity index (χ1) is 4.61. The maximum atomic E-state index is 4.30. The van der Waals surface area contributed by atoms with Gasteiger partial charge >= 0.3 is 0 Å². The Bertz CT molecular complexity index is 214. The Kier molecular flexibility index (Phi) is 7.27. The molecule has 0 aromatic heterocycles. The van der Waals surface area contributed by atoms with Gasteiger partial charge in [0.1, 0.15) is 0 Å². The number of hydrogen-bond donors (Lipinski definition) is 1. The van der Waals surface area contributed by atoms with E-state index in [1.807, 2.05) is 0 Å². The van der Waals surface area contributed by atoms with Crippen LogP contribution in [0.15, 0.2) is 17.0 Å². The summed E-state index contributed by atoms with van der Waals surface area (Å²) < 4.78 is 3.77. The molecule has 0 radical (unpaired) electrons. The predicted octanol–water partition coefficient (Wildman–Crippen LogP) is 3.79. The third-order valence-electron chi connectivity index (χ3n) is 0.990. The molecule has 0 saturated heterocycles. The fourth-order valence-corrected chi connectivity index (χ4v) is 2.95. The summed E-state index contributed by atoms with van der Waals surface area (Å²) in [6.07, 6.45) is 0. The largest absolute Gasteiger partial charge is 0.142 e. The van der Waals surface area contributed by atoms with Crippen molar-refractivity contribution in [1.82, 2.24) is 0 Å². The summed E-state index contributed by atoms with van der Waals surface area (Å²) in [4.78, 5) is 1.06. The minimum absolute atomic E-state index is 0. The predicted molar refractivity (Wildman–Crippen MR) is 71.8 cm³/mol. The van der Waals surface area contributed by atoms with Gasteiger partial charge in [-0.3, -0.25) is 0 Å². The van der Waals surface area contributed by atoms with E-state index in [2.05, 4.69) is 92.5 Å². The van der Waals surface area contributed by atoms with Crippen LogP contribution in [-0.4, -0.2) is 0 Å². The van der Waals surface area contributed by atoms with Crippen molar-refractivity contribution in [2.75, 3.05) is 0 Å². The summed E-state index contributed by atoms with van der Waals surface area (Å²) in [6, 6.07) is 4.21. The van der Waals surface area contributed by atoms with Gasteiger partial charge in [-0.1, -0.05) is 0 Å². The van der Waals surface area contributed by atoms with Crippen LogP contribution in [-0.2, 0) is 19.5 Å². The van der Waals surface area contributed by atoms with Gasteiger partial charge in [-0.05, 0) is 79.9 Å². The second-order valence-electron chi connectivity index (χ2n) is 1.72. The summed E-state index contributed by atoms with van der Waals surface area (Å²) in [6.45, 7) is 0. The Balaban J connectivity index is 0.000001000. The van der Waals surface area contributed by atoms with Gasteiger partial charge in [0.2, 0.25) is 0 Å². The van der Waals surface area contributed by atoms with Crippen LogP contribution in [0.25, 0.3) is 0 Å². The van der Waals surface area contributed by atoms with Crippen LogP contribution in [0.3, 0.4) is 0 Å². The Labute approximate surface area is 125 Å². The minimum Gasteiger partial charge on any atom is -0.142 e. The van der Waals surface area contributed by atoms with Crippen molar-refractivity contribution in [3.05, 3.63) is 22.8 Å². The summed E-state index contributed by atoms with van der Waals surface area (Å²) in [5.41, 5.74) is 0. The monoisotopic (exact) mass is 552 g/mol. The molecule has 1 aromatic rings. The van der Waals surface area contributed by atoms with Crippen molar-refractivity contribution in [3.63, 3.8) is 0 Å². The molecule has 1 rings (SSSR count). The van der Waals surface area contributed by atoms with Crippen molar-refractivity contribution >= 4 is 80.4 Å². The first-order valence-electron chi connectivity index (χ1n) is 2.45. The van der Waals surface area contributed by atoms with Gasteiger partial charge < -0.3 is 0 Å². The second kappa shape index (κ2) is 5.98. The number of rotatable bonds is 0. The molecule has 0 aliphatic carbocycles. The molecular formula is C6H3I3SZn. The van der Waals surface area contributed by atoms with E-state index < -0.39 is 0 Å². The fourth-order valence-electron chi connectivity index (χ4n) is 0.512. The minimum atomic E-state index is 0. The van der Waals surface area contributed by atoms with E-state index in [0.717, 1.165) is 4.90 Å². The molecule has 0 aliphatic rings. The van der Waals surface area contributed by atoms with Gasteiger partial charge in [0, 0.05) is 35.1 Å². The quantitative estimate of drug-likeness (QED) is 0.215. The van der Waals surface area contributed by atoms with E-state index in [9.17, 15) is 0 Å². The Hall–Kier alpha value is 2.38. The first-order valence-corrected chi connectivity index (χ1v) is 6.13. The SMILES string of the molecule is Sc1cc(I)c(I)cc1I.[Zn]. The normalized spacial score (nSPS) is 9.09. The zero-order valence-corrected chi connectivity index (χ0v) is 15.8. The molecule has 0 atom stereocenters. The second-order valence-corrected chi connectivity index (χ2v) is 5.69. The Morgan fingerprint density at radius 2 is 1.36 bits per heavy atom. The van der Waals surface area contributed by atoms with E-state index in [-0.39, 0.29) is 19.5 Å². The van der Waals surface area contributed by atoms with Crippen molar-refractivity contribution in [3.8, 4) is 0 Å². The molecule has 0 fully saturated rings. The third kappa shape index (κ3) is 3.95. The molecular weight excluding hydrogens is 550 g/mol. The molecule has 0 heterocycles. The van der Waals surface area contributed by atoms with Crippen LogP contribution in [0.2, 0.25) is 0 Å². The average molecular weight is 553 g/mol. The fraction of sp³-hybridized carbons (Fsp3) is 0. The molecule has 0 bridgehead atoms. The molecule has 0 aliphatic heterocycles. The van der Waals surface area contributed by atoms with Gasteiger partial charge in [0.05, 0.1) is 0 Å². The maximum absolute atomic E-state index is 4.30. The molecule has 0 N–H and O–H groups in total. The van der Waals surface area contributed by atoms with E-state index in [1.165, 1.54) is 10.7 Å². The Morgan fingerprint density at radius 1 is 0.909 bits per heavy atom. The standard InChI is InChI=1S/C6H3I3S.Zn/c7-3-1-5(9)6(10)2-4(3)8;/h1-2,10H;. The number of benzene rings is 1. The summed E-state index contributed by atoms with van der Waals surface area (Å²) >= 11 is 11.2. The first kappa shape index (κ1) is 13.4. The average Bonchev–Trinajstić information content (AvgIpc) is 1.84. The van der Waals surface area contributed by atoms with Crippen LogP contribution >= 0.6 is 80.4 Å². The van der Waals surface area contributed by atoms with Crippen molar-refractivity contribution in [2.24, 2.45) is 0 Å². The number of halogens is 3. The zero-order valence-electron chi connectivity index (χ0n) is 5.44. The molecule has 11 heavy (non-hydrogen) atoms. The van der Waals surface area contributed by atoms with Crippen LogP contribution in [0.5, 0.6) is 0 Å². The van der Waals surface area contributed by atoms with Gasteiger partial charge in [0.25, 0.3) is 0 Å². The van der Waals surface area contributed by atoms with Crippen molar-refractivity contribution in [2.45, 2.75) is 4.90 Å². The molecule has 0 spiro atoms. The van der Waals surface area contributed by atoms with E-state index in [1.54, 1.807) is 0 Å². The van der Waals surface area contributed by atoms with E-state index in [4.69, 9.17) is 0 Å². The van der Waals surface area contributed by atoms with Gasteiger partial charge in [-0.25, -0.2) is 0 Å². The van der Waals surface area contributed by atoms with Crippen LogP contribution in [0.1, 0.15) is 0 Å². The van der Waals surface area contributed by atoms with Gasteiger partial charge in [-0.2, -0.15) is 0 Å². The van der Waals surface area contributed by atoms with Crippen LogP contribution in [0.4, 0.5) is 0 Å². The molecule has 0 nitrogen and oxygen atoms in total. The van der Waals surface area contributed by atoms with E-state index in [0.29, 0.717) is 0 Å². The van der Waals surface area contributed by atoms with Crippen LogP contribution < -0.4 is 0 Å². The number of thiol groups is 1. The van der Waals surface area contributed by atoms with Crippen LogP contribution in [0, 0.1) is 10.7 Å². The van der Waals surface area contributed by atoms with E-state index >= 15 is 0 Å². The summed E-state index contributed by atoms with van der Waals surface area (Å²) in [5, 5.41) is 0. The van der Waals surface area contributed by atoms with Gasteiger partial charge in [-0.15, -0.1) is 12.6 Å². The summed E-state index contributed by atoms with van der Waals surface area (Å²) in [5.74, 6) is 0. The molecule has 56 valence electrons. The maximum Gasteiger partial charge on any atom is 0.0275 e. The molecule has 5 heteroatoms. The molecule has 1 aromatic carbocycles.